The summed E-state index contributed by atoms with van der Waals surface area (Å²) in [5.74, 6) is -1.24. The predicted molar refractivity (Wildman–Crippen MR) is 46.5 cm³/mol. The minimum absolute atomic E-state index is 0.0374. The molecule has 0 saturated carbocycles. The summed E-state index contributed by atoms with van der Waals surface area (Å²) in [6.07, 6.45) is -5.66. The van der Waals surface area contributed by atoms with E-state index < -0.39 is 30.4 Å². The van der Waals surface area contributed by atoms with Crippen LogP contribution in [0.4, 0.5) is 13.2 Å². The molecule has 1 atom stereocenters. The fourth-order valence-electron chi connectivity index (χ4n) is 1.05. The number of hydrogen-bond donors (Lipinski definition) is 2. The number of carbonyl (C=O) groups is 1. The lowest BCUT2D eigenvalue weighted by Crippen LogP contribution is -2.10. The number of halogens is 3. The highest BCUT2D eigenvalue weighted by atomic mass is 19.4. The van der Waals surface area contributed by atoms with E-state index in [4.69, 9.17) is 5.11 Å². The third kappa shape index (κ3) is 3.20. The Balaban J connectivity index is 2.83. The molecular weight excluding hydrogens is 227 g/mol. The Bertz CT molecular complexity index is 375. The molecule has 0 spiro atoms. The van der Waals surface area contributed by atoms with Gasteiger partial charge in [0.2, 0.25) is 0 Å². The summed E-state index contributed by atoms with van der Waals surface area (Å²) in [6.45, 7) is 0. The van der Waals surface area contributed by atoms with Gasteiger partial charge in [0.1, 0.15) is 5.69 Å². The molecule has 16 heavy (non-hydrogen) atoms. The van der Waals surface area contributed by atoms with E-state index in [-0.39, 0.29) is 5.56 Å². The van der Waals surface area contributed by atoms with Crippen molar-refractivity contribution in [2.75, 3.05) is 0 Å². The molecule has 0 aliphatic rings. The van der Waals surface area contributed by atoms with Crippen LogP contribution in [0.1, 0.15) is 23.8 Å². The van der Waals surface area contributed by atoms with Crippen LogP contribution in [0.25, 0.3) is 0 Å². The predicted octanol–water partition coefficient (Wildman–Crippen LogP) is 1.61. The largest absolute Gasteiger partial charge is 0.481 e. The highest BCUT2D eigenvalue weighted by Gasteiger charge is 2.32. The van der Waals surface area contributed by atoms with E-state index >= 15 is 0 Å². The van der Waals surface area contributed by atoms with Crippen LogP contribution < -0.4 is 0 Å². The summed E-state index contributed by atoms with van der Waals surface area (Å²) < 4.78 is 36.3. The molecular formula is C9H8F3NO3. The topological polar surface area (TPSA) is 70.4 Å². The molecule has 0 bridgehead atoms. The highest BCUT2D eigenvalue weighted by Crippen LogP contribution is 2.28. The summed E-state index contributed by atoms with van der Waals surface area (Å²) in [4.78, 5) is 13.3. The van der Waals surface area contributed by atoms with Gasteiger partial charge in [-0.2, -0.15) is 13.2 Å². The number of aliphatic hydroxyl groups excluding tert-OH is 1. The summed E-state index contributed by atoms with van der Waals surface area (Å²) >= 11 is 0. The SMILES string of the molecule is O=C(O)C[C@H](O)c1ccc(C(F)(F)F)nc1. The van der Waals surface area contributed by atoms with Gasteiger partial charge in [-0.1, -0.05) is 6.07 Å². The average Bonchev–Trinajstić information content (AvgIpc) is 2.15. The molecule has 0 amide bonds. The van der Waals surface area contributed by atoms with Gasteiger partial charge < -0.3 is 10.2 Å². The number of carboxylic acid groups (broad SMARTS) is 1. The molecule has 0 saturated heterocycles. The second-order valence-electron chi connectivity index (χ2n) is 3.09. The summed E-state index contributed by atoms with van der Waals surface area (Å²) in [6, 6.07) is 1.70. The lowest BCUT2D eigenvalue weighted by molar-refractivity contribution is -0.141. The zero-order chi connectivity index (χ0) is 12.3. The van der Waals surface area contributed by atoms with Crippen LogP contribution in [0.2, 0.25) is 0 Å². The van der Waals surface area contributed by atoms with Gasteiger partial charge in [-0.25, -0.2) is 0 Å². The van der Waals surface area contributed by atoms with E-state index in [9.17, 15) is 23.1 Å². The number of aliphatic carboxylic acids is 1. The zero-order valence-electron chi connectivity index (χ0n) is 7.90. The number of aliphatic hydroxyl groups is 1. The smallest absolute Gasteiger partial charge is 0.433 e. The quantitative estimate of drug-likeness (QED) is 0.834. The number of hydrogen-bond acceptors (Lipinski definition) is 3. The van der Waals surface area contributed by atoms with Gasteiger partial charge in [-0.15, -0.1) is 0 Å². The number of pyridine rings is 1. The fourth-order valence-corrected chi connectivity index (χ4v) is 1.05. The number of nitrogens with zero attached hydrogens (tertiary/aromatic N) is 1. The Kier molecular flexibility index (Phi) is 3.48. The Morgan fingerprint density at radius 3 is 2.44 bits per heavy atom. The van der Waals surface area contributed by atoms with Crippen LogP contribution in [-0.4, -0.2) is 21.2 Å². The molecule has 0 aromatic carbocycles. The van der Waals surface area contributed by atoms with E-state index in [0.717, 1.165) is 12.3 Å². The van der Waals surface area contributed by atoms with E-state index in [1.165, 1.54) is 0 Å². The monoisotopic (exact) mass is 235 g/mol. The summed E-state index contributed by atoms with van der Waals surface area (Å²) in [5, 5.41) is 17.7. The van der Waals surface area contributed by atoms with Gasteiger partial charge in [-0.3, -0.25) is 9.78 Å². The lowest BCUT2D eigenvalue weighted by atomic mass is 10.1. The minimum Gasteiger partial charge on any atom is -0.481 e. The van der Waals surface area contributed by atoms with Crippen molar-refractivity contribution in [1.29, 1.82) is 0 Å². The second-order valence-corrected chi connectivity index (χ2v) is 3.09. The van der Waals surface area contributed by atoms with Gasteiger partial charge >= 0.3 is 12.1 Å². The maximum atomic E-state index is 12.1. The molecule has 0 aliphatic carbocycles. The average molecular weight is 235 g/mol. The first-order valence-corrected chi connectivity index (χ1v) is 4.23. The first-order valence-electron chi connectivity index (χ1n) is 4.23. The molecule has 2 N–H and O–H groups in total. The van der Waals surface area contributed by atoms with Gasteiger partial charge in [0.25, 0.3) is 0 Å². The molecule has 1 aromatic rings. The second kappa shape index (κ2) is 4.48. The molecule has 4 nitrogen and oxygen atoms in total. The number of alkyl halides is 3. The van der Waals surface area contributed by atoms with E-state index in [1.807, 2.05) is 0 Å². The number of rotatable bonds is 3. The van der Waals surface area contributed by atoms with Crippen LogP contribution in [0.15, 0.2) is 18.3 Å². The van der Waals surface area contributed by atoms with Crippen molar-refractivity contribution in [2.24, 2.45) is 0 Å². The van der Waals surface area contributed by atoms with Crippen molar-refractivity contribution >= 4 is 5.97 Å². The van der Waals surface area contributed by atoms with Crippen molar-refractivity contribution in [1.82, 2.24) is 4.98 Å². The Morgan fingerprint density at radius 1 is 1.44 bits per heavy atom. The summed E-state index contributed by atoms with van der Waals surface area (Å²) in [7, 11) is 0. The van der Waals surface area contributed by atoms with E-state index in [1.54, 1.807) is 0 Å². The van der Waals surface area contributed by atoms with Crippen LogP contribution in [-0.2, 0) is 11.0 Å². The maximum Gasteiger partial charge on any atom is 0.433 e. The molecule has 1 aromatic heterocycles. The van der Waals surface area contributed by atoms with Crippen molar-refractivity contribution in [3.8, 4) is 0 Å². The van der Waals surface area contributed by atoms with Crippen LogP contribution in [0, 0.1) is 0 Å². The molecule has 7 heteroatoms. The number of carboxylic acids is 1. The van der Waals surface area contributed by atoms with Gasteiger partial charge in [-0.05, 0) is 11.6 Å². The maximum absolute atomic E-state index is 12.1. The third-order valence-electron chi connectivity index (χ3n) is 1.83. The first-order chi connectivity index (χ1) is 7.30. The van der Waals surface area contributed by atoms with Crippen LogP contribution in [0.5, 0.6) is 0 Å². The lowest BCUT2D eigenvalue weighted by Gasteiger charge is -2.09. The van der Waals surface area contributed by atoms with E-state index in [2.05, 4.69) is 4.98 Å². The summed E-state index contributed by atoms with van der Waals surface area (Å²) in [5.41, 5.74) is -1.05. The van der Waals surface area contributed by atoms with Crippen molar-refractivity contribution < 1.29 is 28.2 Å². The molecule has 0 radical (unpaired) electrons. The van der Waals surface area contributed by atoms with Gasteiger partial charge in [0, 0.05) is 6.20 Å². The Hall–Kier alpha value is -1.63. The zero-order valence-corrected chi connectivity index (χ0v) is 7.90. The molecule has 0 unspecified atom stereocenters. The Labute approximate surface area is 88.4 Å². The van der Waals surface area contributed by atoms with Gasteiger partial charge in [0.05, 0.1) is 12.5 Å². The standard InChI is InChI=1S/C9H8F3NO3/c10-9(11,12)7-2-1-5(4-13-7)6(14)3-8(15)16/h1-2,4,6,14H,3H2,(H,15,16)/t6-/m0/s1. The molecule has 1 heterocycles. The highest BCUT2D eigenvalue weighted by molar-refractivity contribution is 5.67. The molecule has 0 fully saturated rings. The van der Waals surface area contributed by atoms with Crippen molar-refractivity contribution in [3.63, 3.8) is 0 Å². The van der Waals surface area contributed by atoms with Crippen LogP contribution >= 0.6 is 0 Å². The first kappa shape index (κ1) is 12.4. The molecule has 1 rings (SSSR count). The van der Waals surface area contributed by atoms with Gasteiger partial charge in [0.15, 0.2) is 0 Å². The van der Waals surface area contributed by atoms with E-state index in [0.29, 0.717) is 6.07 Å². The number of aromatic nitrogens is 1. The normalized spacial score (nSPS) is 13.5. The van der Waals surface area contributed by atoms with Crippen molar-refractivity contribution in [3.05, 3.63) is 29.6 Å². The van der Waals surface area contributed by atoms with Crippen LogP contribution in [0.3, 0.4) is 0 Å². The van der Waals surface area contributed by atoms with Crippen molar-refractivity contribution in [2.45, 2.75) is 18.7 Å². The third-order valence-corrected chi connectivity index (χ3v) is 1.83. The molecule has 88 valence electrons. The fraction of sp³-hybridized carbons (Fsp3) is 0.333. The minimum atomic E-state index is -4.55. The molecule has 0 aliphatic heterocycles. The Morgan fingerprint density at radius 2 is 2.06 bits per heavy atom.